The zero-order chi connectivity index (χ0) is 21.8. The van der Waals surface area contributed by atoms with E-state index in [-0.39, 0.29) is 30.2 Å². The van der Waals surface area contributed by atoms with Crippen molar-refractivity contribution in [1.82, 2.24) is 10.2 Å². The molecule has 1 atom stereocenters. The Bertz CT molecular complexity index is 1070. The number of ether oxygens (including phenoxy) is 1. The molecule has 6 nitrogen and oxygen atoms in total. The molecule has 0 aliphatic rings. The van der Waals surface area contributed by atoms with Crippen LogP contribution in [0.4, 0.5) is 0 Å². The molecule has 0 saturated carbocycles. The molecule has 0 aliphatic carbocycles. The molecule has 3 rings (SSSR count). The van der Waals surface area contributed by atoms with E-state index in [1.807, 2.05) is 44.2 Å². The van der Waals surface area contributed by atoms with Crippen LogP contribution in [0.2, 0.25) is 5.02 Å². The highest BCUT2D eigenvalue weighted by atomic mass is 35.5. The topological polar surface area (TPSA) is 71.8 Å². The Balaban J connectivity index is 1.84. The third-order valence-electron chi connectivity index (χ3n) is 4.98. The van der Waals surface area contributed by atoms with Gasteiger partial charge in [0.15, 0.2) is 18.0 Å². The van der Waals surface area contributed by atoms with Crippen LogP contribution in [-0.2, 0) is 4.79 Å². The summed E-state index contributed by atoms with van der Waals surface area (Å²) < 4.78 is 11.5. The van der Waals surface area contributed by atoms with E-state index in [1.165, 1.54) is 4.90 Å². The molecule has 1 heterocycles. The minimum absolute atomic E-state index is 0.0738. The van der Waals surface area contributed by atoms with Crippen LogP contribution in [0.3, 0.4) is 0 Å². The fraction of sp³-hybridized carbons (Fsp3) is 0.304. The van der Waals surface area contributed by atoms with Gasteiger partial charge in [0.25, 0.3) is 11.8 Å². The number of halogens is 1. The van der Waals surface area contributed by atoms with Crippen molar-refractivity contribution >= 4 is 34.4 Å². The number of benzene rings is 2. The van der Waals surface area contributed by atoms with E-state index in [4.69, 9.17) is 20.8 Å². The summed E-state index contributed by atoms with van der Waals surface area (Å²) in [4.78, 5) is 26.4. The first-order valence-corrected chi connectivity index (χ1v) is 10.1. The zero-order valence-corrected chi connectivity index (χ0v) is 18.2. The van der Waals surface area contributed by atoms with E-state index < -0.39 is 0 Å². The van der Waals surface area contributed by atoms with Gasteiger partial charge in [-0.25, -0.2) is 0 Å². The first-order chi connectivity index (χ1) is 14.3. The van der Waals surface area contributed by atoms with Gasteiger partial charge in [0.1, 0.15) is 5.75 Å². The van der Waals surface area contributed by atoms with Crippen LogP contribution in [0.1, 0.15) is 41.1 Å². The highest BCUT2D eigenvalue weighted by Gasteiger charge is 2.23. The highest BCUT2D eigenvalue weighted by molar-refractivity contribution is 6.35. The van der Waals surface area contributed by atoms with Crippen molar-refractivity contribution in [2.45, 2.75) is 26.3 Å². The number of nitrogens with zero attached hydrogens (tertiary/aromatic N) is 1. The lowest BCUT2D eigenvalue weighted by atomic mass is 10.0. The van der Waals surface area contributed by atoms with Gasteiger partial charge in [0.2, 0.25) is 0 Å². The van der Waals surface area contributed by atoms with Crippen LogP contribution >= 0.6 is 11.6 Å². The number of likely N-dealkylation sites (N-methyl/N-ethyl adjacent to an activating group) is 1. The molecule has 1 N–H and O–H groups in total. The molecule has 0 spiro atoms. The van der Waals surface area contributed by atoms with Gasteiger partial charge in [-0.3, -0.25) is 9.59 Å². The molecule has 7 heteroatoms. The SMILES string of the molecule is CCC(NC(=O)c1oc2c(Cl)cccc2c1C)c1ccccc1OCC(=O)N(C)C. The van der Waals surface area contributed by atoms with Crippen LogP contribution in [0.5, 0.6) is 5.75 Å². The lowest BCUT2D eigenvalue weighted by Crippen LogP contribution is -2.30. The van der Waals surface area contributed by atoms with E-state index in [9.17, 15) is 9.59 Å². The van der Waals surface area contributed by atoms with Gasteiger partial charge in [-0.2, -0.15) is 0 Å². The smallest absolute Gasteiger partial charge is 0.287 e. The molecular weight excluding hydrogens is 404 g/mol. The van der Waals surface area contributed by atoms with Gasteiger partial charge < -0.3 is 19.4 Å². The van der Waals surface area contributed by atoms with E-state index in [0.29, 0.717) is 22.8 Å². The van der Waals surface area contributed by atoms with Crippen molar-refractivity contribution < 1.29 is 18.7 Å². The molecule has 0 fully saturated rings. The first kappa shape index (κ1) is 21.7. The molecule has 2 amide bonds. The normalized spacial score (nSPS) is 11.9. The van der Waals surface area contributed by atoms with Gasteiger partial charge in [-0.15, -0.1) is 0 Å². The van der Waals surface area contributed by atoms with E-state index in [0.717, 1.165) is 16.5 Å². The van der Waals surface area contributed by atoms with Crippen molar-refractivity contribution in [2.24, 2.45) is 0 Å². The fourth-order valence-corrected chi connectivity index (χ4v) is 3.43. The Morgan fingerprint density at radius 2 is 1.90 bits per heavy atom. The van der Waals surface area contributed by atoms with Gasteiger partial charge in [0.05, 0.1) is 11.1 Å². The number of amides is 2. The van der Waals surface area contributed by atoms with Crippen molar-refractivity contribution in [1.29, 1.82) is 0 Å². The van der Waals surface area contributed by atoms with Crippen molar-refractivity contribution in [3.05, 3.63) is 64.4 Å². The average Bonchev–Trinajstić information content (AvgIpc) is 3.08. The average molecular weight is 429 g/mol. The Morgan fingerprint density at radius 1 is 1.17 bits per heavy atom. The summed E-state index contributed by atoms with van der Waals surface area (Å²) in [6, 6.07) is 12.5. The van der Waals surface area contributed by atoms with Crippen molar-refractivity contribution in [3.8, 4) is 5.75 Å². The lowest BCUT2D eigenvalue weighted by Gasteiger charge is -2.21. The monoisotopic (exact) mass is 428 g/mol. The molecule has 0 radical (unpaired) electrons. The number of nitrogens with one attached hydrogen (secondary N) is 1. The Morgan fingerprint density at radius 3 is 2.57 bits per heavy atom. The molecule has 0 saturated heterocycles. The third kappa shape index (κ3) is 4.44. The molecule has 158 valence electrons. The van der Waals surface area contributed by atoms with E-state index >= 15 is 0 Å². The molecule has 0 bridgehead atoms. The Hall–Kier alpha value is -2.99. The molecule has 2 aromatic carbocycles. The first-order valence-electron chi connectivity index (χ1n) is 9.73. The highest BCUT2D eigenvalue weighted by Crippen LogP contribution is 2.32. The van der Waals surface area contributed by atoms with Crippen molar-refractivity contribution in [3.63, 3.8) is 0 Å². The predicted molar refractivity (Wildman–Crippen MR) is 117 cm³/mol. The van der Waals surface area contributed by atoms with Gasteiger partial charge in [0, 0.05) is 30.6 Å². The summed E-state index contributed by atoms with van der Waals surface area (Å²) in [5.41, 5.74) is 2.04. The largest absolute Gasteiger partial charge is 0.483 e. The number of aryl methyl sites for hydroxylation is 1. The molecule has 30 heavy (non-hydrogen) atoms. The number of hydrogen-bond donors (Lipinski definition) is 1. The fourth-order valence-electron chi connectivity index (χ4n) is 3.22. The Labute approximate surface area is 180 Å². The summed E-state index contributed by atoms with van der Waals surface area (Å²) in [5, 5.41) is 4.30. The summed E-state index contributed by atoms with van der Waals surface area (Å²) in [5.74, 6) is 0.324. The molecular formula is C23H25ClN2O4. The number of furan rings is 1. The maximum atomic E-state index is 13.0. The number of rotatable bonds is 7. The number of carbonyl (C=O) groups excluding carboxylic acids is 2. The van der Waals surface area contributed by atoms with Gasteiger partial charge >= 0.3 is 0 Å². The summed E-state index contributed by atoms with van der Waals surface area (Å²) in [7, 11) is 3.35. The number of para-hydroxylation sites is 2. The number of fused-ring (bicyclic) bond motifs is 1. The third-order valence-corrected chi connectivity index (χ3v) is 5.28. The van der Waals surface area contributed by atoms with Crippen molar-refractivity contribution in [2.75, 3.05) is 20.7 Å². The summed E-state index contributed by atoms with van der Waals surface area (Å²) in [6.07, 6.45) is 0.633. The quantitative estimate of drug-likeness (QED) is 0.589. The van der Waals surface area contributed by atoms with Crippen LogP contribution in [0, 0.1) is 6.92 Å². The lowest BCUT2D eigenvalue weighted by molar-refractivity contribution is -0.130. The van der Waals surface area contributed by atoms with E-state index in [2.05, 4.69) is 5.32 Å². The standard InChI is InChI=1S/C23H25ClN2O4/c1-5-18(16-9-6-7-12-19(16)29-13-20(27)26(3)4)25-23(28)21-14(2)15-10-8-11-17(24)22(15)30-21/h6-12,18H,5,13H2,1-4H3,(H,25,28). The minimum atomic E-state index is -0.328. The minimum Gasteiger partial charge on any atom is -0.483 e. The number of carbonyl (C=O) groups is 2. The molecule has 3 aromatic rings. The molecule has 1 aromatic heterocycles. The van der Waals surface area contributed by atoms with Crippen LogP contribution in [-0.4, -0.2) is 37.4 Å². The molecule has 0 aliphatic heterocycles. The van der Waals surface area contributed by atoms with E-state index in [1.54, 1.807) is 26.2 Å². The van der Waals surface area contributed by atoms with Crippen LogP contribution < -0.4 is 10.1 Å². The maximum Gasteiger partial charge on any atom is 0.287 e. The second-order valence-corrected chi connectivity index (χ2v) is 7.63. The Kier molecular flexibility index (Phi) is 6.67. The zero-order valence-electron chi connectivity index (χ0n) is 17.5. The van der Waals surface area contributed by atoms with Crippen LogP contribution in [0.15, 0.2) is 46.9 Å². The maximum absolute atomic E-state index is 13.0. The van der Waals surface area contributed by atoms with Gasteiger partial charge in [-0.1, -0.05) is 48.9 Å². The summed E-state index contributed by atoms with van der Waals surface area (Å²) >= 11 is 6.21. The second kappa shape index (κ2) is 9.22. The van der Waals surface area contributed by atoms with Crippen LogP contribution in [0.25, 0.3) is 11.0 Å². The number of hydrogen-bond acceptors (Lipinski definition) is 4. The van der Waals surface area contributed by atoms with Gasteiger partial charge in [-0.05, 0) is 25.5 Å². The molecule has 1 unspecified atom stereocenters. The predicted octanol–water partition coefficient (Wildman–Crippen LogP) is 4.74. The second-order valence-electron chi connectivity index (χ2n) is 7.22. The summed E-state index contributed by atoms with van der Waals surface area (Å²) in [6.45, 7) is 3.73.